The third-order valence-electron chi connectivity index (χ3n) is 3.25. The molecule has 0 bridgehead atoms. The van der Waals surface area contributed by atoms with E-state index < -0.39 is 9.84 Å². The van der Waals surface area contributed by atoms with E-state index in [-0.39, 0.29) is 17.7 Å². The van der Waals surface area contributed by atoms with Gasteiger partial charge in [0.05, 0.1) is 10.6 Å². The molecular weight excluding hydrogens is 234 g/mol. The van der Waals surface area contributed by atoms with Gasteiger partial charge in [-0.1, -0.05) is 32.0 Å². The average Bonchev–Trinajstić information content (AvgIpc) is 2.28. The molecule has 2 rings (SSSR count). The molecule has 1 aliphatic heterocycles. The van der Waals surface area contributed by atoms with E-state index in [0.29, 0.717) is 4.90 Å². The summed E-state index contributed by atoms with van der Waals surface area (Å²) in [5, 5.41) is 3.45. The average molecular weight is 253 g/mol. The van der Waals surface area contributed by atoms with Gasteiger partial charge in [-0.05, 0) is 30.5 Å². The van der Waals surface area contributed by atoms with E-state index in [1.165, 1.54) is 0 Å². The zero-order chi connectivity index (χ0) is 12.5. The summed E-state index contributed by atoms with van der Waals surface area (Å²) < 4.78 is 24.2. The SMILES string of the molecule is CCCNC1c2ccccc2S(=O)(=O)CC1C. The first kappa shape index (κ1) is 12.6. The largest absolute Gasteiger partial charge is 0.310 e. The van der Waals surface area contributed by atoms with Gasteiger partial charge in [-0.25, -0.2) is 8.42 Å². The molecule has 1 aromatic rings. The van der Waals surface area contributed by atoms with Crippen LogP contribution in [0.15, 0.2) is 29.2 Å². The molecule has 0 aromatic heterocycles. The van der Waals surface area contributed by atoms with Crippen LogP contribution in [0.5, 0.6) is 0 Å². The first-order valence-electron chi connectivity index (χ1n) is 6.11. The fourth-order valence-electron chi connectivity index (χ4n) is 2.47. The Balaban J connectivity index is 2.43. The van der Waals surface area contributed by atoms with E-state index in [1.807, 2.05) is 19.1 Å². The molecule has 2 unspecified atom stereocenters. The molecule has 0 radical (unpaired) electrons. The van der Waals surface area contributed by atoms with Gasteiger partial charge in [0.15, 0.2) is 9.84 Å². The Morgan fingerprint density at radius 2 is 2.06 bits per heavy atom. The Hall–Kier alpha value is -0.870. The van der Waals surface area contributed by atoms with Crippen LogP contribution in [0.4, 0.5) is 0 Å². The van der Waals surface area contributed by atoms with Gasteiger partial charge in [0.2, 0.25) is 0 Å². The molecule has 17 heavy (non-hydrogen) atoms. The van der Waals surface area contributed by atoms with Crippen molar-refractivity contribution in [3.63, 3.8) is 0 Å². The van der Waals surface area contributed by atoms with Crippen molar-refractivity contribution in [2.45, 2.75) is 31.2 Å². The monoisotopic (exact) mass is 253 g/mol. The van der Waals surface area contributed by atoms with Crippen LogP contribution in [-0.4, -0.2) is 20.7 Å². The number of nitrogens with one attached hydrogen (secondary N) is 1. The maximum Gasteiger partial charge on any atom is 0.179 e. The summed E-state index contributed by atoms with van der Waals surface area (Å²) >= 11 is 0. The molecule has 0 saturated carbocycles. The van der Waals surface area contributed by atoms with Crippen LogP contribution in [0.1, 0.15) is 31.9 Å². The molecule has 0 aliphatic carbocycles. The number of rotatable bonds is 3. The van der Waals surface area contributed by atoms with Gasteiger partial charge in [-0.3, -0.25) is 0 Å². The highest BCUT2D eigenvalue weighted by atomic mass is 32.2. The molecule has 1 aromatic carbocycles. The minimum Gasteiger partial charge on any atom is -0.310 e. The van der Waals surface area contributed by atoms with Crippen LogP contribution in [0.2, 0.25) is 0 Å². The molecule has 0 fully saturated rings. The van der Waals surface area contributed by atoms with E-state index >= 15 is 0 Å². The van der Waals surface area contributed by atoms with Crippen LogP contribution in [0.3, 0.4) is 0 Å². The van der Waals surface area contributed by atoms with Crippen molar-refractivity contribution in [3.05, 3.63) is 29.8 Å². The minimum atomic E-state index is -3.09. The first-order chi connectivity index (χ1) is 8.06. The highest BCUT2D eigenvalue weighted by Gasteiger charge is 2.34. The van der Waals surface area contributed by atoms with Crippen molar-refractivity contribution < 1.29 is 8.42 Å². The zero-order valence-corrected chi connectivity index (χ0v) is 11.1. The minimum absolute atomic E-state index is 0.126. The summed E-state index contributed by atoms with van der Waals surface area (Å²) in [5.41, 5.74) is 0.930. The predicted octanol–water partition coefficient (Wildman–Crippen LogP) is 2.15. The molecule has 0 amide bonds. The van der Waals surface area contributed by atoms with Gasteiger partial charge in [0.1, 0.15) is 0 Å². The number of hydrogen-bond acceptors (Lipinski definition) is 3. The maximum absolute atomic E-state index is 12.1. The second-order valence-electron chi connectivity index (χ2n) is 4.73. The number of benzene rings is 1. The Morgan fingerprint density at radius 3 is 2.76 bits per heavy atom. The van der Waals surface area contributed by atoms with Crippen molar-refractivity contribution in [1.82, 2.24) is 5.32 Å². The Morgan fingerprint density at radius 1 is 1.35 bits per heavy atom. The van der Waals surface area contributed by atoms with Gasteiger partial charge in [0.25, 0.3) is 0 Å². The Labute approximate surface area is 103 Å². The molecule has 4 heteroatoms. The summed E-state index contributed by atoms with van der Waals surface area (Å²) in [6.45, 7) is 5.04. The van der Waals surface area contributed by atoms with Crippen molar-refractivity contribution in [1.29, 1.82) is 0 Å². The third-order valence-corrected chi connectivity index (χ3v) is 5.26. The zero-order valence-electron chi connectivity index (χ0n) is 10.3. The van der Waals surface area contributed by atoms with Gasteiger partial charge < -0.3 is 5.32 Å². The molecule has 0 spiro atoms. The lowest BCUT2D eigenvalue weighted by molar-refractivity contribution is 0.396. The van der Waals surface area contributed by atoms with Crippen molar-refractivity contribution in [3.8, 4) is 0 Å². The van der Waals surface area contributed by atoms with Gasteiger partial charge in [0, 0.05) is 6.04 Å². The van der Waals surface area contributed by atoms with Gasteiger partial charge in [-0.15, -0.1) is 0 Å². The van der Waals surface area contributed by atoms with Crippen molar-refractivity contribution in [2.75, 3.05) is 12.3 Å². The van der Waals surface area contributed by atoms with Gasteiger partial charge >= 0.3 is 0 Å². The van der Waals surface area contributed by atoms with Crippen molar-refractivity contribution in [2.24, 2.45) is 5.92 Å². The van der Waals surface area contributed by atoms with Crippen LogP contribution >= 0.6 is 0 Å². The topological polar surface area (TPSA) is 46.2 Å². The molecule has 3 nitrogen and oxygen atoms in total. The molecule has 1 heterocycles. The van der Waals surface area contributed by atoms with Crippen LogP contribution < -0.4 is 5.32 Å². The predicted molar refractivity (Wildman–Crippen MR) is 68.7 cm³/mol. The lowest BCUT2D eigenvalue weighted by Gasteiger charge is -2.31. The molecule has 1 aliphatic rings. The normalized spacial score (nSPS) is 26.5. The highest BCUT2D eigenvalue weighted by Crippen LogP contribution is 2.35. The number of hydrogen-bond donors (Lipinski definition) is 1. The smallest absolute Gasteiger partial charge is 0.179 e. The van der Waals surface area contributed by atoms with E-state index in [2.05, 4.69) is 12.2 Å². The summed E-state index contributed by atoms with van der Waals surface area (Å²) in [6, 6.07) is 7.51. The second kappa shape index (κ2) is 4.78. The number of fused-ring (bicyclic) bond motifs is 1. The molecule has 94 valence electrons. The maximum atomic E-state index is 12.1. The summed E-state index contributed by atoms with van der Waals surface area (Å²) in [7, 11) is -3.09. The van der Waals surface area contributed by atoms with Gasteiger partial charge in [-0.2, -0.15) is 0 Å². The van der Waals surface area contributed by atoms with E-state index in [0.717, 1.165) is 18.5 Å². The third kappa shape index (κ3) is 2.38. The Kier molecular flexibility index (Phi) is 3.54. The molecule has 0 saturated heterocycles. The number of sulfone groups is 1. The molecule has 2 atom stereocenters. The van der Waals surface area contributed by atoms with E-state index in [9.17, 15) is 8.42 Å². The lowest BCUT2D eigenvalue weighted by Crippen LogP contribution is -2.36. The van der Waals surface area contributed by atoms with Crippen LogP contribution in [0, 0.1) is 5.92 Å². The quantitative estimate of drug-likeness (QED) is 0.898. The molecule has 1 N–H and O–H groups in total. The fourth-order valence-corrected chi connectivity index (χ4v) is 4.37. The van der Waals surface area contributed by atoms with E-state index in [4.69, 9.17) is 0 Å². The first-order valence-corrected chi connectivity index (χ1v) is 7.76. The molecular formula is C13H19NO2S. The lowest BCUT2D eigenvalue weighted by atomic mass is 9.95. The highest BCUT2D eigenvalue weighted by molar-refractivity contribution is 7.91. The second-order valence-corrected chi connectivity index (χ2v) is 6.73. The summed E-state index contributed by atoms with van der Waals surface area (Å²) in [6.07, 6.45) is 1.05. The van der Waals surface area contributed by atoms with Crippen molar-refractivity contribution >= 4 is 9.84 Å². The van der Waals surface area contributed by atoms with Crippen LogP contribution in [0.25, 0.3) is 0 Å². The van der Waals surface area contributed by atoms with E-state index in [1.54, 1.807) is 12.1 Å². The Bertz CT molecular complexity index is 496. The summed E-state index contributed by atoms with van der Waals surface area (Å²) in [5.74, 6) is 0.368. The fraction of sp³-hybridized carbons (Fsp3) is 0.538. The summed E-state index contributed by atoms with van der Waals surface area (Å²) in [4.78, 5) is 0.506. The van der Waals surface area contributed by atoms with Crippen LogP contribution in [-0.2, 0) is 9.84 Å². The standard InChI is InChI=1S/C13H19NO2S/c1-3-8-14-13-10(2)9-17(15,16)12-7-5-4-6-11(12)13/h4-7,10,13-14H,3,8-9H2,1-2H3.